The Morgan fingerprint density at radius 1 is 1.25 bits per heavy atom. The van der Waals surface area contributed by atoms with E-state index in [4.69, 9.17) is 0 Å². The summed E-state index contributed by atoms with van der Waals surface area (Å²) >= 11 is 0. The van der Waals surface area contributed by atoms with Crippen molar-refractivity contribution >= 4 is 0 Å². The predicted molar refractivity (Wildman–Crippen MR) is 85.6 cm³/mol. The third-order valence-electron chi connectivity index (χ3n) is 4.70. The van der Waals surface area contributed by atoms with Gasteiger partial charge in [-0.1, -0.05) is 20.8 Å². The van der Waals surface area contributed by atoms with Crippen molar-refractivity contribution in [3.63, 3.8) is 0 Å². The van der Waals surface area contributed by atoms with Crippen molar-refractivity contribution in [2.24, 2.45) is 5.41 Å². The molecule has 116 valence electrons. The Hall–Kier alpha value is -0.590. The second-order valence-corrected chi connectivity index (χ2v) is 7.84. The summed E-state index contributed by atoms with van der Waals surface area (Å²) in [4.78, 5) is 2.44. The Bertz CT molecular complexity index is 335. The van der Waals surface area contributed by atoms with E-state index >= 15 is 0 Å². The molecule has 1 aliphatic rings. The summed E-state index contributed by atoms with van der Waals surface area (Å²) in [5.74, 6) is 0. The Labute approximate surface area is 125 Å². The number of nitriles is 1. The van der Waals surface area contributed by atoms with E-state index in [-0.39, 0.29) is 5.54 Å². The number of unbranched alkanes of at least 4 members (excludes halogenated alkanes) is 1. The predicted octanol–water partition coefficient (Wildman–Crippen LogP) is 3.56. The van der Waals surface area contributed by atoms with Crippen LogP contribution in [0.1, 0.15) is 66.7 Å². The molecule has 0 aromatic carbocycles. The number of nitrogens with one attached hydrogen (secondary N) is 1. The minimum Gasteiger partial charge on any atom is -0.303 e. The van der Waals surface area contributed by atoms with Crippen LogP contribution in [-0.2, 0) is 0 Å². The zero-order chi connectivity index (χ0) is 15.4. The van der Waals surface area contributed by atoms with E-state index in [1.54, 1.807) is 0 Å². The van der Waals surface area contributed by atoms with E-state index in [1.165, 1.54) is 19.3 Å². The molecular formula is C17H33N3. The van der Waals surface area contributed by atoms with E-state index in [9.17, 15) is 5.26 Å². The molecule has 0 saturated heterocycles. The van der Waals surface area contributed by atoms with Crippen LogP contribution >= 0.6 is 0 Å². The molecule has 0 amide bonds. The van der Waals surface area contributed by atoms with Crippen molar-refractivity contribution < 1.29 is 0 Å². The van der Waals surface area contributed by atoms with Crippen molar-refractivity contribution in [2.45, 2.75) is 84.3 Å². The number of nitrogens with zero attached hydrogens (tertiary/aromatic N) is 2. The maximum Gasteiger partial charge on any atom is 0.104 e. The summed E-state index contributed by atoms with van der Waals surface area (Å²) in [6.07, 6.45) is 5.72. The number of hydrogen-bond acceptors (Lipinski definition) is 3. The minimum absolute atomic E-state index is 0.323. The molecule has 0 aliphatic heterocycles. The summed E-state index contributed by atoms with van der Waals surface area (Å²) in [6.45, 7) is 12.3. The van der Waals surface area contributed by atoms with Crippen LogP contribution in [0.3, 0.4) is 0 Å². The highest BCUT2D eigenvalue weighted by atomic mass is 15.1. The van der Waals surface area contributed by atoms with Crippen LogP contribution in [0.4, 0.5) is 0 Å². The monoisotopic (exact) mass is 279 g/mol. The van der Waals surface area contributed by atoms with Gasteiger partial charge in [0, 0.05) is 12.1 Å². The summed E-state index contributed by atoms with van der Waals surface area (Å²) in [5, 5.41) is 12.8. The Morgan fingerprint density at radius 3 is 2.30 bits per heavy atom. The summed E-state index contributed by atoms with van der Waals surface area (Å²) < 4.78 is 0. The van der Waals surface area contributed by atoms with E-state index in [0.29, 0.717) is 17.5 Å². The molecule has 1 aliphatic carbocycles. The molecule has 20 heavy (non-hydrogen) atoms. The standard InChI is InChI=1S/C17H33N3/c1-14(16(2,3)4)20(6)12-8-7-11-17(5,13-18)19-15-9-10-15/h14-15,19H,7-12H2,1-6H3. The van der Waals surface area contributed by atoms with Crippen LogP contribution in [0.5, 0.6) is 0 Å². The van der Waals surface area contributed by atoms with E-state index < -0.39 is 0 Å². The molecule has 0 aromatic rings. The summed E-state index contributed by atoms with van der Waals surface area (Å²) in [6, 6.07) is 3.64. The van der Waals surface area contributed by atoms with Crippen LogP contribution in [0.25, 0.3) is 0 Å². The van der Waals surface area contributed by atoms with E-state index in [0.717, 1.165) is 19.4 Å². The molecular weight excluding hydrogens is 246 g/mol. The quantitative estimate of drug-likeness (QED) is 0.691. The molecule has 1 rings (SSSR count). The molecule has 1 saturated carbocycles. The number of hydrogen-bond donors (Lipinski definition) is 1. The highest BCUT2D eigenvalue weighted by Crippen LogP contribution is 2.26. The lowest BCUT2D eigenvalue weighted by molar-refractivity contribution is 0.138. The Morgan fingerprint density at radius 2 is 1.85 bits per heavy atom. The van der Waals surface area contributed by atoms with Crippen LogP contribution in [0.2, 0.25) is 0 Å². The van der Waals surface area contributed by atoms with Crippen LogP contribution in [0.15, 0.2) is 0 Å². The second kappa shape index (κ2) is 6.91. The molecule has 1 fully saturated rings. The van der Waals surface area contributed by atoms with Gasteiger partial charge in [-0.2, -0.15) is 5.26 Å². The molecule has 1 N–H and O–H groups in total. The van der Waals surface area contributed by atoms with Gasteiger partial charge in [0.25, 0.3) is 0 Å². The highest BCUT2D eigenvalue weighted by Gasteiger charge is 2.32. The van der Waals surface area contributed by atoms with Crippen molar-refractivity contribution in [1.29, 1.82) is 5.26 Å². The maximum atomic E-state index is 9.34. The lowest BCUT2D eigenvalue weighted by Crippen LogP contribution is -2.42. The third kappa shape index (κ3) is 5.81. The first kappa shape index (κ1) is 17.5. The summed E-state index contributed by atoms with van der Waals surface area (Å²) in [5.41, 5.74) is -0.00116. The Kier molecular flexibility index (Phi) is 6.04. The number of rotatable bonds is 8. The van der Waals surface area contributed by atoms with Crippen LogP contribution in [0, 0.1) is 16.7 Å². The minimum atomic E-state index is -0.324. The molecule has 3 nitrogen and oxygen atoms in total. The van der Waals surface area contributed by atoms with Crippen molar-refractivity contribution in [3.8, 4) is 6.07 Å². The largest absolute Gasteiger partial charge is 0.303 e. The fraction of sp³-hybridized carbons (Fsp3) is 0.941. The zero-order valence-electron chi connectivity index (χ0n) is 14.3. The van der Waals surface area contributed by atoms with Gasteiger partial charge < -0.3 is 4.90 Å². The van der Waals surface area contributed by atoms with Crippen LogP contribution in [-0.4, -0.2) is 36.1 Å². The van der Waals surface area contributed by atoms with Gasteiger partial charge >= 0.3 is 0 Å². The van der Waals surface area contributed by atoms with Crippen molar-refractivity contribution in [1.82, 2.24) is 10.2 Å². The lowest BCUT2D eigenvalue weighted by atomic mass is 9.87. The average Bonchev–Trinajstić information content (AvgIpc) is 3.16. The fourth-order valence-corrected chi connectivity index (χ4v) is 2.53. The smallest absolute Gasteiger partial charge is 0.104 e. The van der Waals surface area contributed by atoms with Gasteiger partial charge in [0.2, 0.25) is 0 Å². The first-order valence-electron chi connectivity index (χ1n) is 8.07. The molecule has 0 heterocycles. The molecule has 0 bridgehead atoms. The average molecular weight is 279 g/mol. The van der Waals surface area contributed by atoms with Crippen molar-refractivity contribution in [3.05, 3.63) is 0 Å². The molecule has 3 heteroatoms. The molecule has 0 radical (unpaired) electrons. The SMILES string of the molecule is CC(N(C)CCCCC(C)(C#N)NC1CC1)C(C)(C)C. The first-order chi connectivity index (χ1) is 9.18. The molecule has 2 atom stereocenters. The van der Waals surface area contributed by atoms with Gasteiger partial charge in [0.15, 0.2) is 0 Å². The van der Waals surface area contributed by atoms with Gasteiger partial charge in [0.1, 0.15) is 5.54 Å². The Balaban J connectivity index is 2.25. The molecule has 2 unspecified atom stereocenters. The van der Waals surface area contributed by atoms with E-state index in [1.807, 2.05) is 6.92 Å². The lowest BCUT2D eigenvalue weighted by Gasteiger charge is -2.35. The van der Waals surface area contributed by atoms with Gasteiger partial charge in [0.05, 0.1) is 6.07 Å². The zero-order valence-corrected chi connectivity index (χ0v) is 14.3. The van der Waals surface area contributed by atoms with Gasteiger partial charge in [-0.25, -0.2) is 0 Å². The van der Waals surface area contributed by atoms with Gasteiger partial charge in [-0.05, 0) is 65.0 Å². The summed E-state index contributed by atoms with van der Waals surface area (Å²) in [7, 11) is 2.21. The third-order valence-corrected chi connectivity index (χ3v) is 4.70. The maximum absolute atomic E-state index is 9.34. The molecule has 0 aromatic heterocycles. The van der Waals surface area contributed by atoms with Gasteiger partial charge in [-0.3, -0.25) is 5.32 Å². The molecule has 0 spiro atoms. The first-order valence-corrected chi connectivity index (χ1v) is 8.07. The fourth-order valence-electron chi connectivity index (χ4n) is 2.53. The van der Waals surface area contributed by atoms with E-state index in [2.05, 4.69) is 51.0 Å². The highest BCUT2D eigenvalue weighted by molar-refractivity contribution is 5.06. The second-order valence-electron chi connectivity index (χ2n) is 7.84. The van der Waals surface area contributed by atoms with Crippen molar-refractivity contribution in [2.75, 3.05) is 13.6 Å². The van der Waals surface area contributed by atoms with Gasteiger partial charge in [-0.15, -0.1) is 0 Å². The normalized spacial score (nSPS) is 20.5. The van der Waals surface area contributed by atoms with Crippen LogP contribution < -0.4 is 5.32 Å². The topological polar surface area (TPSA) is 39.1 Å².